The van der Waals surface area contributed by atoms with E-state index < -0.39 is 10.0 Å². The summed E-state index contributed by atoms with van der Waals surface area (Å²) in [6, 6.07) is 11.6. The van der Waals surface area contributed by atoms with Crippen LogP contribution in [0.1, 0.15) is 39.7 Å². The molecule has 0 atom stereocenters. The molecule has 0 spiro atoms. The van der Waals surface area contributed by atoms with E-state index in [1.54, 1.807) is 12.3 Å². The van der Waals surface area contributed by atoms with Crippen molar-refractivity contribution in [3.8, 4) is 0 Å². The third kappa shape index (κ3) is 4.96. The van der Waals surface area contributed by atoms with Gasteiger partial charge in [0.25, 0.3) is 0 Å². The van der Waals surface area contributed by atoms with Crippen LogP contribution in [0.2, 0.25) is 0 Å². The highest BCUT2D eigenvalue weighted by atomic mass is 32.2. The van der Waals surface area contributed by atoms with Gasteiger partial charge in [-0.3, -0.25) is 4.72 Å². The van der Waals surface area contributed by atoms with Gasteiger partial charge in [0.05, 0.1) is 17.6 Å². The SMILES string of the molecule is CCCS(=O)(=O)Nc1ccc(Nc2ccccc2C(C)(C)C)cn1. The van der Waals surface area contributed by atoms with Gasteiger partial charge in [0.15, 0.2) is 0 Å². The molecule has 0 radical (unpaired) electrons. The number of hydrogen-bond donors (Lipinski definition) is 2. The van der Waals surface area contributed by atoms with Crippen LogP contribution in [0.4, 0.5) is 17.2 Å². The molecule has 1 heterocycles. The van der Waals surface area contributed by atoms with Crippen LogP contribution in [0, 0.1) is 0 Å². The Balaban J connectivity index is 2.16. The molecule has 0 bridgehead atoms. The second-order valence-corrected chi connectivity index (χ2v) is 8.62. The number of benzene rings is 1. The van der Waals surface area contributed by atoms with E-state index in [0.717, 1.165) is 11.4 Å². The number of sulfonamides is 1. The van der Waals surface area contributed by atoms with Gasteiger partial charge in [-0.05, 0) is 35.6 Å². The number of aromatic nitrogens is 1. The van der Waals surface area contributed by atoms with Gasteiger partial charge in [-0.15, -0.1) is 0 Å². The summed E-state index contributed by atoms with van der Waals surface area (Å²) < 4.78 is 26.0. The Kier molecular flexibility index (Phi) is 5.49. The van der Waals surface area contributed by atoms with Crippen molar-refractivity contribution >= 4 is 27.2 Å². The fraction of sp³-hybridized carbons (Fsp3) is 0.389. The van der Waals surface area contributed by atoms with Crippen LogP contribution in [-0.2, 0) is 15.4 Å². The van der Waals surface area contributed by atoms with Gasteiger partial charge in [0.2, 0.25) is 10.0 Å². The predicted octanol–water partition coefficient (Wildman–Crippen LogP) is 4.27. The van der Waals surface area contributed by atoms with Crippen molar-refractivity contribution in [1.82, 2.24) is 4.98 Å². The van der Waals surface area contributed by atoms with E-state index >= 15 is 0 Å². The summed E-state index contributed by atoms with van der Waals surface area (Å²) in [5.41, 5.74) is 3.06. The first-order chi connectivity index (χ1) is 11.2. The molecular formula is C18H25N3O2S. The smallest absolute Gasteiger partial charge is 0.233 e. The number of anilines is 3. The summed E-state index contributed by atoms with van der Waals surface area (Å²) in [4.78, 5) is 4.18. The van der Waals surface area contributed by atoms with Crippen molar-refractivity contribution < 1.29 is 8.42 Å². The van der Waals surface area contributed by atoms with Gasteiger partial charge in [-0.1, -0.05) is 45.9 Å². The van der Waals surface area contributed by atoms with Crippen LogP contribution < -0.4 is 10.0 Å². The molecule has 0 aliphatic heterocycles. The number of rotatable bonds is 6. The zero-order valence-corrected chi connectivity index (χ0v) is 15.4. The summed E-state index contributed by atoms with van der Waals surface area (Å²) in [5.74, 6) is 0.422. The van der Waals surface area contributed by atoms with Gasteiger partial charge in [0, 0.05) is 5.69 Å². The van der Waals surface area contributed by atoms with Crippen molar-refractivity contribution in [1.29, 1.82) is 0 Å². The monoisotopic (exact) mass is 347 g/mol. The van der Waals surface area contributed by atoms with Crippen molar-refractivity contribution in [3.05, 3.63) is 48.2 Å². The third-order valence-corrected chi connectivity index (χ3v) is 4.98. The minimum Gasteiger partial charge on any atom is -0.354 e. The second-order valence-electron chi connectivity index (χ2n) is 6.77. The Morgan fingerprint density at radius 1 is 1.08 bits per heavy atom. The Morgan fingerprint density at radius 2 is 1.79 bits per heavy atom. The zero-order valence-electron chi connectivity index (χ0n) is 14.6. The molecule has 6 heteroatoms. The number of nitrogens with one attached hydrogen (secondary N) is 2. The van der Waals surface area contributed by atoms with Crippen LogP contribution in [0.25, 0.3) is 0 Å². The molecule has 1 aromatic carbocycles. The van der Waals surface area contributed by atoms with E-state index in [4.69, 9.17) is 0 Å². The number of nitrogens with zero attached hydrogens (tertiary/aromatic N) is 1. The number of pyridine rings is 1. The van der Waals surface area contributed by atoms with Crippen LogP contribution in [-0.4, -0.2) is 19.2 Å². The first-order valence-corrected chi connectivity index (χ1v) is 9.69. The maximum atomic E-state index is 11.8. The van der Waals surface area contributed by atoms with Crippen molar-refractivity contribution in [2.75, 3.05) is 15.8 Å². The molecule has 24 heavy (non-hydrogen) atoms. The summed E-state index contributed by atoms with van der Waals surface area (Å²) in [7, 11) is -3.32. The molecule has 2 rings (SSSR count). The van der Waals surface area contributed by atoms with E-state index in [-0.39, 0.29) is 11.2 Å². The summed E-state index contributed by atoms with van der Waals surface area (Å²) in [6.45, 7) is 8.32. The summed E-state index contributed by atoms with van der Waals surface area (Å²) in [5, 5.41) is 3.35. The highest BCUT2D eigenvalue weighted by Crippen LogP contribution is 2.31. The van der Waals surface area contributed by atoms with Crippen LogP contribution >= 0.6 is 0 Å². The molecular weight excluding hydrogens is 322 g/mol. The largest absolute Gasteiger partial charge is 0.354 e. The minimum atomic E-state index is -3.32. The standard InChI is InChI=1S/C18H25N3O2S/c1-5-12-24(22,23)21-17-11-10-14(13-19-17)20-16-9-7-6-8-15(16)18(2,3)4/h6-11,13,20H,5,12H2,1-4H3,(H,19,21). The summed E-state index contributed by atoms with van der Waals surface area (Å²) in [6.07, 6.45) is 2.20. The van der Waals surface area contributed by atoms with Gasteiger partial charge in [0.1, 0.15) is 5.82 Å². The van der Waals surface area contributed by atoms with Crippen LogP contribution in [0.5, 0.6) is 0 Å². The first kappa shape index (κ1) is 18.3. The van der Waals surface area contributed by atoms with Gasteiger partial charge in [-0.2, -0.15) is 0 Å². The quantitative estimate of drug-likeness (QED) is 0.818. The van der Waals surface area contributed by atoms with E-state index in [1.165, 1.54) is 5.56 Å². The Hall–Kier alpha value is -2.08. The average molecular weight is 347 g/mol. The molecule has 5 nitrogen and oxygen atoms in total. The highest BCUT2D eigenvalue weighted by Gasteiger charge is 2.17. The maximum absolute atomic E-state index is 11.8. The fourth-order valence-electron chi connectivity index (χ4n) is 2.41. The van der Waals surface area contributed by atoms with Gasteiger partial charge < -0.3 is 5.32 Å². The molecule has 1 aromatic heterocycles. The molecule has 0 saturated heterocycles. The molecule has 0 aliphatic rings. The lowest BCUT2D eigenvalue weighted by atomic mass is 9.86. The van der Waals surface area contributed by atoms with E-state index in [1.807, 2.05) is 31.2 Å². The predicted molar refractivity (Wildman–Crippen MR) is 100 cm³/mol. The van der Waals surface area contributed by atoms with E-state index in [0.29, 0.717) is 12.2 Å². The Morgan fingerprint density at radius 3 is 2.38 bits per heavy atom. The highest BCUT2D eigenvalue weighted by molar-refractivity contribution is 7.92. The topological polar surface area (TPSA) is 71.1 Å². The van der Waals surface area contributed by atoms with Gasteiger partial charge >= 0.3 is 0 Å². The zero-order chi connectivity index (χ0) is 17.8. The lowest BCUT2D eigenvalue weighted by Crippen LogP contribution is -2.17. The second kappa shape index (κ2) is 7.21. The van der Waals surface area contributed by atoms with Crippen LogP contribution in [0.3, 0.4) is 0 Å². The Labute approximate surface area is 144 Å². The molecule has 0 unspecified atom stereocenters. The van der Waals surface area contributed by atoms with E-state index in [2.05, 4.69) is 41.9 Å². The average Bonchev–Trinajstić information content (AvgIpc) is 2.48. The van der Waals surface area contributed by atoms with Crippen molar-refractivity contribution in [2.24, 2.45) is 0 Å². The molecule has 2 aromatic rings. The fourth-order valence-corrected chi connectivity index (χ4v) is 3.49. The molecule has 0 aliphatic carbocycles. The third-order valence-electron chi connectivity index (χ3n) is 3.51. The van der Waals surface area contributed by atoms with E-state index in [9.17, 15) is 8.42 Å². The normalized spacial score (nSPS) is 12.0. The number of hydrogen-bond acceptors (Lipinski definition) is 4. The molecule has 0 fully saturated rings. The first-order valence-electron chi connectivity index (χ1n) is 8.04. The lowest BCUT2D eigenvalue weighted by molar-refractivity contribution is 0.592. The van der Waals surface area contributed by atoms with Crippen molar-refractivity contribution in [3.63, 3.8) is 0 Å². The number of para-hydroxylation sites is 1. The summed E-state index contributed by atoms with van der Waals surface area (Å²) >= 11 is 0. The molecule has 2 N–H and O–H groups in total. The molecule has 0 saturated carbocycles. The maximum Gasteiger partial charge on any atom is 0.233 e. The van der Waals surface area contributed by atoms with Crippen LogP contribution in [0.15, 0.2) is 42.6 Å². The lowest BCUT2D eigenvalue weighted by Gasteiger charge is -2.23. The Bertz CT molecular complexity index is 779. The van der Waals surface area contributed by atoms with Gasteiger partial charge in [-0.25, -0.2) is 13.4 Å². The molecule has 0 amide bonds. The minimum absolute atomic E-state index is 0.0206. The molecule has 130 valence electrons. The van der Waals surface area contributed by atoms with Crippen molar-refractivity contribution in [2.45, 2.75) is 39.5 Å².